The first-order chi connectivity index (χ1) is 14.5. The number of benzene rings is 2. The van der Waals surface area contributed by atoms with E-state index in [0.29, 0.717) is 47.1 Å². The van der Waals surface area contributed by atoms with Crippen LogP contribution in [0.25, 0.3) is 6.08 Å². The summed E-state index contributed by atoms with van der Waals surface area (Å²) in [5.74, 6) is 0.235. The van der Waals surface area contributed by atoms with Crippen LogP contribution in [0.15, 0.2) is 47.4 Å². The van der Waals surface area contributed by atoms with E-state index in [4.69, 9.17) is 14.2 Å². The van der Waals surface area contributed by atoms with Crippen LogP contribution in [0.5, 0.6) is 11.5 Å². The van der Waals surface area contributed by atoms with Gasteiger partial charge in [0.2, 0.25) is 0 Å². The summed E-state index contributed by atoms with van der Waals surface area (Å²) in [4.78, 5) is 26.2. The van der Waals surface area contributed by atoms with Crippen molar-refractivity contribution in [1.82, 2.24) is 4.90 Å². The second kappa shape index (κ2) is 10.3. The SMILES string of the molecule is COCCCN1C(=O)S/C(=C/c2ccc(OCc3ccccc3F)c(OC)c2)C1=O. The number of ether oxygens (including phenoxy) is 3. The molecule has 2 aromatic carbocycles. The highest BCUT2D eigenvalue weighted by Crippen LogP contribution is 2.34. The average molecular weight is 431 g/mol. The lowest BCUT2D eigenvalue weighted by Gasteiger charge is -2.12. The zero-order valence-electron chi connectivity index (χ0n) is 16.7. The Morgan fingerprint density at radius 3 is 2.63 bits per heavy atom. The molecule has 0 saturated carbocycles. The normalized spacial score (nSPS) is 15.2. The molecule has 0 radical (unpaired) electrons. The zero-order valence-corrected chi connectivity index (χ0v) is 17.5. The first kappa shape index (κ1) is 21.9. The van der Waals surface area contributed by atoms with Gasteiger partial charge in [0, 0.05) is 25.8 Å². The van der Waals surface area contributed by atoms with Gasteiger partial charge in [0.15, 0.2) is 11.5 Å². The van der Waals surface area contributed by atoms with E-state index in [1.807, 2.05) is 0 Å². The van der Waals surface area contributed by atoms with Gasteiger partial charge in [-0.2, -0.15) is 0 Å². The molecule has 0 aliphatic carbocycles. The first-order valence-corrected chi connectivity index (χ1v) is 10.1. The molecular weight excluding hydrogens is 409 g/mol. The van der Waals surface area contributed by atoms with Crippen molar-refractivity contribution in [2.24, 2.45) is 0 Å². The maximum atomic E-state index is 13.8. The van der Waals surface area contributed by atoms with Gasteiger partial charge in [-0.15, -0.1) is 0 Å². The molecule has 0 atom stereocenters. The Labute approximate surface area is 178 Å². The largest absolute Gasteiger partial charge is 0.493 e. The van der Waals surface area contributed by atoms with Gasteiger partial charge in [0.1, 0.15) is 12.4 Å². The number of hydrogen-bond donors (Lipinski definition) is 0. The predicted molar refractivity (Wildman–Crippen MR) is 113 cm³/mol. The summed E-state index contributed by atoms with van der Waals surface area (Å²) in [5, 5.41) is -0.292. The number of imide groups is 1. The Hall–Kier alpha value is -2.84. The van der Waals surface area contributed by atoms with Gasteiger partial charge in [-0.25, -0.2) is 4.39 Å². The predicted octanol–water partition coefficient (Wildman–Crippen LogP) is 4.49. The Balaban J connectivity index is 1.72. The summed E-state index contributed by atoms with van der Waals surface area (Å²) in [6.07, 6.45) is 2.23. The Morgan fingerprint density at radius 1 is 1.10 bits per heavy atom. The monoisotopic (exact) mass is 431 g/mol. The molecule has 1 aliphatic heterocycles. The minimum absolute atomic E-state index is 0.0583. The fourth-order valence-corrected chi connectivity index (χ4v) is 3.74. The van der Waals surface area contributed by atoms with Gasteiger partial charge in [0.05, 0.1) is 12.0 Å². The van der Waals surface area contributed by atoms with Gasteiger partial charge in [-0.1, -0.05) is 24.3 Å². The van der Waals surface area contributed by atoms with Crippen LogP contribution in [0, 0.1) is 5.82 Å². The van der Waals surface area contributed by atoms with E-state index in [2.05, 4.69) is 0 Å². The van der Waals surface area contributed by atoms with Crippen molar-refractivity contribution in [3.8, 4) is 11.5 Å². The van der Waals surface area contributed by atoms with Crippen LogP contribution in [0.3, 0.4) is 0 Å². The van der Waals surface area contributed by atoms with E-state index in [1.54, 1.807) is 49.6 Å². The first-order valence-electron chi connectivity index (χ1n) is 9.32. The van der Waals surface area contributed by atoms with Crippen molar-refractivity contribution < 1.29 is 28.2 Å². The van der Waals surface area contributed by atoms with E-state index in [1.165, 1.54) is 18.1 Å². The molecule has 0 spiro atoms. The van der Waals surface area contributed by atoms with Gasteiger partial charge >= 0.3 is 0 Å². The molecule has 3 rings (SSSR count). The summed E-state index contributed by atoms with van der Waals surface area (Å²) >= 11 is 0.905. The number of thioether (sulfide) groups is 1. The minimum Gasteiger partial charge on any atom is -0.493 e. The molecule has 8 heteroatoms. The summed E-state index contributed by atoms with van der Waals surface area (Å²) in [7, 11) is 3.07. The molecule has 2 aromatic rings. The van der Waals surface area contributed by atoms with Crippen LogP contribution < -0.4 is 9.47 Å². The van der Waals surface area contributed by atoms with Crippen molar-refractivity contribution in [2.45, 2.75) is 13.0 Å². The maximum Gasteiger partial charge on any atom is 0.293 e. The fraction of sp³-hybridized carbons (Fsp3) is 0.273. The Kier molecular flexibility index (Phi) is 7.48. The lowest BCUT2D eigenvalue weighted by molar-refractivity contribution is -0.122. The van der Waals surface area contributed by atoms with E-state index in [-0.39, 0.29) is 23.6 Å². The molecule has 1 heterocycles. The highest BCUT2D eigenvalue weighted by molar-refractivity contribution is 8.18. The topological polar surface area (TPSA) is 65.1 Å². The number of methoxy groups -OCH3 is 2. The van der Waals surface area contributed by atoms with Crippen molar-refractivity contribution in [3.63, 3.8) is 0 Å². The zero-order chi connectivity index (χ0) is 21.5. The van der Waals surface area contributed by atoms with Crippen molar-refractivity contribution in [3.05, 3.63) is 64.3 Å². The van der Waals surface area contributed by atoms with E-state index < -0.39 is 0 Å². The highest BCUT2D eigenvalue weighted by Gasteiger charge is 2.34. The van der Waals surface area contributed by atoms with E-state index in [0.717, 1.165) is 11.8 Å². The second-order valence-corrected chi connectivity index (χ2v) is 7.46. The van der Waals surface area contributed by atoms with E-state index in [9.17, 15) is 14.0 Å². The highest BCUT2D eigenvalue weighted by atomic mass is 32.2. The van der Waals surface area contributed by atoms with Gasteiger partial charge < -0.3 is 14.2 Å². The minimum atomic E-state index is -0.339. The summed E-state index contributed by atoms with van der Waals surface area (Å²) in [6, 6.07) is 11.5. The standard InChI is InChI=1S/C22H22FNO5S/c1-27-11-5-10-24-21(25)20(30-22(24)26)13-15-8-9-18(19(12-15)28-2)29-14-16-6-3-4-7-17(16)23/h3-4,6-9,12-13H,5,10-11,14H2,1-2H3/b20-13+. The molecule has 2 amide bonds. The smallest absolute Gasteiger partial charge is 0.293 e. The van der Waals surface area contributed by atoms with Crippen molar-refractivity contribution >= 4 is 29.0 Å². The van der Waals surface area contributed by atoms with Crippen LogP contribution in [-0.2, 0) is 16.1 Å². The number of carbonyl (C=O) groups is 2. The number of amides is 2. The van der Waals surface area contributed by atoms with Crippen LogP contribution in [0.2, 0.25) is 0 Å². The molecule has 1 aliphatic rings. The number of rotatable bonds is 9. The lowest BCUT2D eigenvalue weighted by Crippen LogP contribution is -2.29. The third-order valence-electron chi connectivity index (χ3n) is 4.43. The number of hydrogen-bond acceptors (Lipinski definition) is 6. The molecule has 0 N–H and O–H groups in total. The molecule has 30 heavy (non-hydrogen) atoms. The van der Waals surface area contributed by atoms with Gasteiger partial charge in [-0.3, -0.25) is 14.5 Å². The number of halogens is 1. The van der Waals surface area contributed by atoms with Crippen molar-refractivity contribution in [2.75, 3.05) is 27.4 Å². The van der Waals surface area contributed by atoms with Crippen LogP contribution >= 0.6 is 11.8 Å². The molecule has 1 fully saturated rings. The molecule has 0 bridgehead atoms. The maximum absolute atomic E-state index is 13.8. The molecular formula is C22H22FNO5S. The summed E-state index contributed by atoms with van der Waals surface area (Å²) in [6.45, 7) is 0.858. The van der Waals surface area contributed by atoms with E-state index >= 15 is 0 Å². The summed E-state index contributed by atoms with van der Waals surface area (Å²) < 4.78 is 29.8. The van der Waals surface area contributed by atoms with Crippen LogP contribution in [0.1, 0.15) is 17.5 Å². The number of carbonyl (C=O) groups excluding carboxylic acids is 2. The van der Waals surface area contributed by atoms with Crippen LogP contribution in [-0.4, -0.2) is 43.4 Å². The van der Waals surface area contributed by atoms with Gasteiger partial charge in [-0.05, 0) is 48.0 Å². The summed E-state index contributed by atoms with van der Waals surface area (Å²) in [5.41, 5.74) is 1.12. The third-order valence-corrected chi connectivity index (χ3v) is 5.34. The van der Waals surface area contributed by atoms with Crippen molar-refractivity contribution in [1.29, 1.82) is 0 Å². The molecule has 158 valence electrons. The average Bonchev–Trinajstić information content (AvgIpc) is 3.01. The quantitative estimate of drug-likeness (QED) is 0.431. The molecule has 0 aromatic heterocycles. The second-order valence-electron chi connectivity index (χ2n) is 6.47. The Bertz CT molecular complexity index is 962. The van der Waals surface area contributed by atoms with Gasteiger partial charge in [0.25, 0.3) is 11.1 Å². The lowest BCUT2D eigenvalue weighted by atomic mass is 10.1. The molecule has 0 unspecified atom stereocenters. The molecule has 1 saturated heterocycles. The fourth-order valence-electron chi connectivity index (χ4n) is 2.88. The molecule has 6 nitrogen and oxygen atoms in total. The van der Waals surface area contributed by atoms with Crippen LogP contribution in [0.4, 0.5) is 9.18 Å². The third kappa shape index (κ3) is 5.20. The Morgan fingerprint density at radius 2 is 1.90 bits per heavy atom. The number of nitrogens with zero attached hydrogens (tertiary/aromatic N) is 1.